The molecule has 0 amide bonds. The van der Waals surface area contributed by atoms with E-state index in [1.165, 1.54) is 26.4 Å². The predicted molar refractivity (Wildman–Crippen MR) is 129 cm³/mol. The largest absolute Gasteiger partial charge is 0.465 e. The summed E-state index contributed by atoms with van der Waals surface area (Å²) in [6.45, 7) is 5.73. The van der Waals surface area contributed by atoms with Gasteiger partial charge in [0.2, 0.25) is 0 Å². The van der Waals surface area contributed by atoms with E-state index in [9.17, 15) is 14.0 Å². The monoisotopic (exact) mass is 490 g/mol. The molecule has 8 nitrogen and oxygen atoms in total. The summed E-state index contributed by atoms with van der Waals surface area (Å²) in [7, 11) is 2.53. The second-order valence-corrected chi connectivity index (χ2v) is 8.58. The van der Waals surface area contributed by atoms with Crippen LogP contribution in [0.25, 0.3) is 0 Å². The summed E-state index contributed by atoms with van der Waals surface area (Å²) in [5.74, 6) is -1.46. The summed E-state index contributed by atoms with van der Waals surface area (Å²) >= 11 is 6.50. The van der Waals surface area contributed by atoms with Gasteiger partial charge in [-0.3, -0.25) is 4.68 Å². The van der Waals surface area contributed by atoms with E-state index in [4.69, 9.17) is 21.7 Å². The van der Waals surface area contributed by atoms with E-state index in [1.807, 2.05) is 19.9 Å². The van der Waals surface area contributed by atoms with Gasteiger partial charge in [0.1, 0.15) is 15.7 Å². The third-order valence-electron chi connectivity index (χ3n) is 4.98. The lowest BCUT2D eigenvalue weighted by Gasteiger charge is -2.11. The van der Waals surface area contributed by atoms with Crippen molar-refractivity contribution in [2.75, 3.05) is 24.9 Å². The Hall–Kier alpha value is -3.31. The van der Waals surface area contributed by atoms with Crippen molar-refractivity contribution in [2.24, 2.45) is 0 Å². The number of hydrogen-bond donors (Lipinski definition) is 2. The molecule has 2 aromatic heterocycles. The number of nitrogens with one attached hydrogen (secondary N) is 2. The molecule has 2 N–H and O–H groups in total. The number of carbonyl (C=O) groups is 2. The molecule has 0 fully saturated rings. The average molecular weight is 491 g/mol. The number of methoxy groups -OCH3 is 2. The number of carbonyl (C=O) groups excluding carboxylic acids is 2. The maximum atomic E-state index is 13.5. The highest BCUT2D eigenvalue weighted by molar-refractivity contribution is 7.80. The van der Waals surface area contributed by atoms with E-state index in [-0.39, 0.29) is 21.4 Å². The molecule has 0 aliphatic heterocycles. The third-order valence-corrected chi connectivity index (χ3v) is 6.37. The van der Waals surface area contributed by atoms with Gasteiger partial charge in [-0.25, -0.2) is 14.0 Å². The Morgan fingerprint density at radius 3 is 2.48 bits per heavy atom. The van der Waals surface area contributed by atoms with Crippen molar-refractivity contribution in [2.45, 2.75) is 27.3 Å². The smallest absolute Gasteiger partial charge is 0.348 e. The zero-order valence-electron chi connectivity index (χ0n) is 18.7. The fraction of sp³-hybridized carbons (Fsp3) is 0.273. The summed E-state index contributed by atoms with van der Waals surface area (Å²) in [5.41, 5.74) is 3.61. The normalized spacial score (nSPS) is 10.6. The lowest BCUT2D eigenvalue weighted by Crippen LogP contribution is -2.21. The van der Waals surface area contributed by atoms with Gasteiger partial charge in [0.05, 0.1) is 43.4 Å². The maximum absolute atomic E-state index is 13.5. The molecule has 0 aliphatic carbocycles. The maximum Gasteiger partial charge on any atom is 0.348 e. The quantitative estimate of drug-likeness (QED) is 0.387. The van der Waals surface area contributed by atoms with Crippen LogP contribution < -0.4 is 10.6 Å². The second-order valence-electron chi connectivity index (χ2n) is 7.16. The molecule has 3 rings (SSSR count). The van der Waals surface area contributed by atoms with E-state index < -0.39 is 11.9 Å². The molecule has 0 atom stereocenters. The number of halogens is 1. The van der Waals surface area contributed by atoms with Crippen molar-refractivity contribution in [3.8, 4) is 0 Å². The number of nitrogens with zero attached hydrogens (tertiary/aromatic N) is 2. The Balaban J connectivity index is 1.83. The minimum absolute atomic E-state index is 0.203. The van der Waals surface area contributed by atoms with Crippen molar-refractivity contribution >= 4 is 51.3 Å². The van der Waals surface area contributed by atoms with Crippen LogP contribution in [-0.2, 0) is 16.0 Å². The molecule has 0 radical (unpaired) electrons. The first-order chi connectivity index (χ1) is 15.7. The zero-order chi connectivity index (χ0) is 24.3. The first-order valence-electron chi connectivity index (χ1n) is 9.82. The first-order valence-corrected chi connectivity index (χ1v) is 11.0. The SMILES string of the molecule is COC(=O)c1sc(NC(=S)Nc2c(C)nn(Cc3cccc(F)c3)c2C)c(C(=O)OC)c1C. The van der Waals surface area contributed by atoms with Crippen LogP contribution >= 0.6 is 23.6 Å². The number of thiocarbonyl (C=S) groups is 1. The second kappa shape index (κ2) is 10.1. The Bertz CT molecular complexity index is 1240. The van der Waals surface area contributed by atoms with Crippen molar-refractivity contribution in [3.05, 3.63) is 63.0 Å². The zero-order valence-corrected chi connectivity index (χ0v) is 20.4. The number of rotatable bonds is 6. The van der Waals surface area contributed by atoms with Crippen molar-refractivity contribution in [1.29, 1.82) is 0 Å². The van der Waals surface area contributed by atoms with Gasteiger partial charge in [-0.2, -0.15) is 5.10 Å². The number of aryl methyl sites for hydroxylation is 1. The fourth-order valence-electron chi connectivity index (χ4n) is 3.32. The van der Waals surface area contributed by atoms with Crippen molar-refractivity contribution < 1.29 is 23.5 Å². The van der Waals surface area contributed by atoms with Gasteiger partial charge in [-0.05, 0) is 56.2 Å². The molecular weight excluding hydrogens is 467 g/mol. The Labute approximate surface area is 199 Å². The van der Waals surface area contributed by atoms with Crippen LogP contribution in [0.15, 0.2) is 24.3 Å². The molecule has 174 valence electrons. The molecule has 1 aromatic carbocycles. The fourth-order valence-corrected chi connectivity index (χ4v) is 4.71. The van der Waals surface area contributed by atoms with Gasteiger partial charge in [-0.1, -0.05) is 12.1 Å². The molecule has 0 bridgehead atoms. The number of thiophene rings is 1. The third kappa shape index (κ3) is 5.20. The lowest BCUT2D eigenvalue weighted by molar-refractivity contribution is 0.0601. The van der Waals surface area contributed by atoms with Crippen molar-refractivity contribution in [3.63, 3.8) is 0 Å². The predicted octanol–water partition coefficient (Wildman–Crippen LogP) is 4.44. The summed E-state index contributed by atoms with van der Waals surface area (Å²) < 4.78 is 24.9. The lowest BCUT2D eigenvalue weighted by atomic mass is 10.1. The number of anilines is 2. The Morgan fingerprint density at radius 1 is 1.15 bits per heavy atom. The first kappa shape index (κ1) is 24.3. The minimum atomic E-state index is -0.598. The molecule has 3 aromatic rings. The number of ether oxygens (including phenoxy) is 2. The van der Waals surface area contributed by atoms with Crippen LogP contribution in [0.2, 0.25) is 0 Å². The number of benzene rings is 1. The van der Waals surface area contributed by atoms with Gasteiger partial charge in [0.15, 0.2) is 5.11 Å². The highest BCUT2D eigenvalue weighted by Gasteiger charge is 2.26. The van der Waals surface area contributed by atoms with Crippen LogP contribution in [-0.4, -0.2) is 41.1 Å². The van der Waals surface area contributed by atoms with Gasteiger partial charge in [0.25, 0.3) is 0 Å². The van der Waals surface area contributed by atoms with Gasteiger partial charge in [0, 0.05) is 0 Å². The molecular formula is C22H23FN4O4S2. The van der Waals surface area contributed by atoms with Crippen LogP contribution in [0.5, 0.6) is 0 Å². The summed E-state index contributed by atoms with van der Waals surface area (Å²) in [5, 5.41) is 11.2. The molecule has 0 spiro atoms. The molecule has 2 heterocycles. The molecule has 0 unspecified atom stereocenters. The van der Waals surface area contributed by atoms with Crippen LogP contribution in [0.3, 0.4) is 0 Å². The molecule has 0 aliphatic rings. The minimum Gasteiger partial charge on any atom is -0.465 e. The number of esters is 2. The Morgan fingerprint density at radius 2 is 1.85 bits per heavy atom. The topological polar surface area (TPSA) is 94.5 Å². The van der Waals surface area contributed by atoms with E-state index in [0.717, 1.165) is 22.6 Å². The van der Waals surface area contributed by atoms with Gasteiger partial charge >= 0.3 is 11.9 Å². The molecule has 33 heavy (non-hydrogen) atoms. The van der Waals surface area contributed by atoms with Gasteiger partial charge in [-0.15, -0.1) is 11.3 Å². The Kier molecular flexibility index (Phi) is 7.44. The molecule has 0 saturated carbocycles. The highest BCUT2D eigenvalue weighted by Crippen LogP contribution is 2.34. The molecule has 0 saturated heterocycles. The number of hydrogen-bond acceptors (Lipinski definition) is 7. The summed E-state index contributed by atoms with van der Waals surface area (Å²) in [4.78, 5) is 24.7. The summed E-state index contributed by atoms with van der Waals surface area (Å²) in [6, 6.07) is 6.33. The van der Waals surface area contributed by atoms with Gasteiger partial charge < -0.3 is 20.1 Å². The molecule has 11 heteroatoms. The van der Waals surface area contributed by atoms with Crippen LogP contribution in [0.4, 0.5) is 15.1 Å². The summed E-state index contributed by atoms with van der Waals surface area (Å²) in [6.07, 6.45) is 0. The standard InChI is InChI=1S/C22H23FN4O4S2/c1-11-16(20(28)30-4)19(33-18(11)21(29)31-5)25-22(32)24-17-12(2)26-27(13(17)3)10-14-7-6-8-15(23)9-14/h6-9H,10H2,1-5H3,(H2,24,25,32). The van der Waals surface area contributed by atoms with E-state index in [2.05, 4.69) is 15.7 Å². The van der Waals surface area contributed by atoms with E-state index in [1.54, 1.807) is 17.7 Å². The number of aromatic nitrogens is 2. The van der Waals surface area contributed by atoms with Crippen LogP contribution in [0.1, 0.15) is 42.5 Å². The van der Waals surface area contributed by atoms with Crippen molar-refractivity contribution in [1.82, 2.24) is 9.78 Å². The highest BCUT2D eigenvalue weighted by atomic mass is 32.1. The average Bonchev–Trinajstić information content (AvgIpc) is 3.23. The van der Waals surface area contributed by atoms with E-state index in [0.29, 0.717) is 28.5 Å². The van der Waals surface area contributed by atoms with E-state index >= 15 is 0 Å². The van der Waals surface area contributed by atoms with Crippen LogP contribution in [0, 0.1) is 26.6 Å².